The highest BCUT2D eigenvalue weighted by atomic mass is 16.5. The standard InChI is InChI=1S/C53H34NO/c1-6-19-35(20-7-1)47-40-29-16-17-30-42(40)52-48(36-21-8-2-9-22-36)44-33-46-50-41(45(44)34-54(52)51(47)38-25-12-4-13-26-38)31-18-32-43(50)49(37-23-10-3-11-24-37)53(55-46)39-27-14-5-15-28-39/h1-34H/q+1. The molecule has 2 heteroatoms. The van der Waals surface area contributed by atoms with Gasteiger partial charge in [0.15, 0.2) is 6.20 Å². The topological polar surface area (TPSA) is 13.3 Å². The molecule has 0 aliphatic carbocycles. The van der Waals surface area contributed by atoms with Crippen LogP contribution in [0.5, 0.6) is 5.75 Å². The molecule has 3 heterocycles. The lowest BCUT2D eigenvalue weighted by Gasteiger charge is -2.26. The van der Waals surface area contributed by atoms with Gasteiger partial charge in [-0.3, -0.25) is 0 Å². The smallest absolute Gasteiger partial charge is 0.227 e. The van der Waals surface area contributed by atoms with Crippen LogP contribution in [0.2, 0.25) is 0 Å². The van der Waals surface area contributed by atoms with Gasteiger partial charge < -0.3 is 4.74 Å². The summed E-state index contributed by atoms with van der Waals surface area (Å²) in [6.07, 6.45) is 2.39. The molecule has 1 aliphatic rings. The van der Waals surface area contributed by atoms with Gasteiger partial charge in [-0.05, 0) is 51.9 Å². The van der Waals surface area contributed by atoms with Gasteiger partial charge in [-0.15, -0.1) is 0 Å². The average Bonchev–Trinajstić information content (AvgIpc) is 3.27. The van der Waals surface area contributed by atoms with E-state index in [1.807, 2.05) is 0 Å². The van der Waals surface area contributed by atoms with Crippen molar-refractivity contribution in [2.45, 2.75) is 0 Å². The monoisotopic (exact) mass is 700 g/mol. The van der Waals surface area contributed by atoms with E-state index in [1.54, 1.807) is 0 Å². The number of nitrogens with zero attached hydrogens (tertiary/aromatic N) is 1. The number of hydrogen-bond donors (Lipinski definition) is 0. The molecular weight excluding hydrogens is 667 g/mol. The number of hydrogen-bond acceptors (Lipinski definition) is 1. The third-order valence-corrected chi connectivity index (χ3v) is 11.1. The predicted molar refractivity (Wildman–Crippen MR) is 228 cm³/mol. The summed E-state index contributed by atoms with van der Waals surface area (Å²) in [6, 6.07) is 71.7. The second-order valence-electron chi connectivity index (χ2n) is 14.2. The summed E-state index contributed by atoms with van der Waals surface area (Å²) >= 11 is 0. The Morgan fingerprint density at radius 1 is 0.364 bits per heavy atom. The SMILES string of the molecule is c1ccc(C2=C(c3ccccc3)c3cccc4c3c(cc3c(-c5ccccc5)c5c6ccccc6c(-c6ccccc6)c(-c6ccccc6)[n+]5cc34)O2)cc1. The van der Waals surface area contributed by atoms with Crippen LogP contribution in [-0.4, -0.2) is 0 Å². The molecule has 1 aliphatic heterocycles. The van der Waals surface area contributed by atoms with Gasteiger partial charge in [-0.2, -0.15) is 4.40 Å². The van der Waals surface area contributed by atoms with Gasteiger partial charge in [0.05, 0.1) is 21.9 Å². The Balaban J connectivity index is 1.36. The maximum atomic E-state index is 7.20. The number of benzene rings is 8. The molecule has 0 fully saturated rings. The first kappa shape index (κ1) is 31.3. The fourth-order valence-corrected chi connectivity index (χ4v) is 8.78. The maximum Gasteiger partial charge on any atom is 0.227 e. The maximum absolute atomic E-state index is 7.20. The first-order valence-corrected chi connectivity index (χ1v) is 18.9. The minimum atomic E-state index is 0.867. The van der Waals surface area contributed by atoms with Crippen LogP contribution in [0.1, 0.15) is 16.7 Å². The van der Waals surface area contributed by atoms with Gasteiger partial charge in [0.25, 0.3) is 0 Å². The normalized spacial score (nSPS) is 12.4. The Bertz CT molecular complexity index is 3120. The van der Waals surface area contributed by atoms with E-state index in [0.717, 1.165) is 66.7 Å². The molecule has 2 nitrogen and oxygen atoms in total. The number of rotatable bonds is 5. The summed E-state index contributed by atoms with van der Waals surface area (Å²) in [5, 5.41) is 7.01. The minimum absolute atomic E-state index is 0.867. The Morgan fingerprint density at radius 3 is 1.51 bits per heavy atom. The van der Waals surface area contributed by atoms with Crippen molar-refractivity contribution in [3.05, 3.63) is 223 Å². The van der Waals surface area contributed by atoms with Crippen molar-refractivity contribution >= 4 is 49.2 Å². The Labute approximate surface area is 319 Å². The molecule has 0 spiro atoms. The number of aromatic nitrogens is 1. The molecule has 55 heavy (non-hydrogen) atoms. The molecule has 0 N–H and O–H groups in total. The first-order valence-electron chi connectivity index (χ1n) is 18.9. The molecule has 0 bridgehead atoms. The fraction of sp³-hybridized carbons (Fsp3) is 0. The number of ether oxygens (including phenoxy) is 1. The van der Waals surface area contributed by atoms with E-state index in [1.165, 1.54) is 38.4 Å². The van der Waals surface area contributed by atoms with Crippen LogP contribution in [-0.2, 0) is 0 Å². The summed E-state index contributed by atoms with van der Waals surface area (Å²) < 4.78 is 9.68. The molecule has 8 aromatic carbocycles. The molecule has 0 saturated heterocycles. The quantitative estimate of drug-likeness (QED) is 0.0990. The lowest BCUT2D eigenvalue weighted by atomic mass is 9.85. The van der Waals surface area contributed by atoms with Gasteiger partial charge in [-0.25, -0.2) is 0 Å². The summed E-state index contributed by atoms with van der Waals surface area (Å²) in [4.78, 5) is 0. The van der Waals surface area contributed by atoms with Crippen LogP contribution >= 0.6 is 0 Å². The van der Waals surface area contributed by atoms with Crippen molar-refractivity contribution in [3.8, 4) is 39.3 Å². The summed E-state index contributed by atoms with van der Waals surface area (Å²) in [6.45, 7) is 0. The molecule has 2 aromatic heterocycles. The summed E-state index contributed by atoms with van der Waals surface area (Å²) in [7, 11) is 0. The second-order valence-corrected chi connectivity index (χ2v) is 14.2. The third-order valence-electron chi connectivity index (χ3n) is 11.1. The fourth-order valence-electron chi connectivity index (χ4n) is 8.78. The van der Waals surface area contributed by atoms with Crippen LogP contribution in [0.3, 0.4) is 0 Å². The van der Waals surface area contributed by atoms with Crippen molar-refractivity contribution in [1.29, 1.82) is 0 Å². The molecule has 256 valence electrons. The highest BCUT2D eigenvalue weighted by Gasteiger charge is 2.32. The molecular formula is C53H34NO+. The van der Waals surface area contributed by atoms with Crippen molar-refractivity contribution in [3.63, 3.8) is 0 Å². The average molecular weight is 701 g/mol. The molecule has 0 atom stereocenters. The molecule has 0 unspecified atom stereocenters. The summed E-state index contributed by atoms with van der Waals surface area (Å²) in [5.74, 6) is 1.73. The lowest BCUT2D eigenvalue weighted by Crippen LogP contribution is -2.27. The minimum Gasteiger partial charge on any atom is -0.455 e. The first-order chi connectivity index (χ1) is 27.3. The predicted octanol–water partition coefficient (Wildman–Crippen LogP) is 13.2. The Kier molecular flexibility index (Phi) is 7.21. The van der Waals surface area contributed by atoms with Crippen molar-refractivity contribution in [1.82, 2.24) is 0 Å². The molecule has 0 radical (unpaired) electrons. The zero-order valence-corrected chi connectivity index (χ0v) is 30.0. The van der Waals surface area contributed by atoms with Crippen molar-refractivity contribution < 1.29 is 9.14 Å². The number of pyridine rings is 2. The van der Waals surface area contributed by atoms with E-state index < -0.39 is 0 Å². The van der Waals surface area contributed by atoms with Crippen LogP contribution in [0.4, 0.5) is 0 Å². The lowest BCUT2D eigenvalue weighted by molar-refractivity contribution is -0.495. The van der Waals surface area contributed by atoms with Gasteiger partial charge in [-0.1, -0.05) is 176 Å². The third kappa shape index (κ3) is 4.92. The van der Waals surface area contributed by atoms with E-state index in [2.05, 4.69) is 211 Å². The zero-order chi connectivity index (χ0) is 36.3. The van der Waals surface area contributed by atoms with Gasteiger partial charge >= 0.3 is 0 Å². The molecule has 10 aromatic rings. The van der Waals surface area contributed by atoms with E-state index in [4.69, 9.17) is 4.74 Å². The van der Waals surface area contributed by atoms with Crippen LogP contribution in [0, 0.1) is 0 Å². The van der Waals surface area contributed by atoms with Gasteiger partial charge in [0, 0.05) is 32.9 Å². The van der Waals surface area contributed by atoms with Crippen LogP contribution in [0.25, 0.3) is 82.7 Å². The van der Waals surface area contributed by atoms with E-state index >= 15 is 0 Å². The Hall–Kier alpha value is -7.29. The number of fused-ring (bicyclic) bond motifs is 5. The van der Waals surface area contributed by atoms with Crippen LogP contribution < -0.4 is 9.14 Å². The highest BCUT2D eigenvalue weighted by Crippen LogP contribution is 2.50. The second kappa shape index (κ2) is 12.7. The van der Waals surface area contributed by atoms with E-state index in [9.17, 15) is 0 Å². The van der Waals surface area contributed by atoms with Crippen molar-refractivity contribution in [2.24, 2.45) is 0 Å². The summed E-state index contributed by atoms with van der Waals surface area (Å²) in [5.41, 5.74) is 12.7. The molecule has 0 saturated carbocycles. The molecule has 0 amide bonds. The molecule has 11 rings (SSSR count). The van der Waals surface area contributed by atoms with Gasteiger partial charge in [0.2, 0.25) is 11.2 Å². The van der Waals surface area contributed by atoms with E-state index in [0.29, 0.717) is 0 Å². The Morgan fingerprint density at radius 2 is 0.873 bits per heavy atom. The van der Waals surface area contributed by atoms with Crippen LogP contribution in [0.15, 0.2) is 206 Å². The van der Waals surface area contributed by atoms with E-state index in [-0.39, 0.29) is 0 Å². The van der Waals surface area contributed by atoms with Crippen molar-refractivity contribution in [2.75, 3.05) is 0 Å². The highest BCUT2D eigenvalue weighted by molar-refractivity contribution is 6.23. The van der Waals surface area contributed by atoms with Gasteiger partial charge in [0.1, 0.15) is 11.5 Å². The zero-order valence-electron chi connectivity index (χ0n) is 30.0. The largest absolute Gasteiger partial charge is 0.455 e.